The lowest BCUT2D eigenvalue weighted by atomic mass is 9.93. The molecule has 0 aliphatic carbocycles. The summed E-state index contributed by atoms with van der Waals surface area (Å²) < 4.78 is 0. The maximum absolute atomic E-state index is 12.4. The molecule has 7 nitrogen and oxygen atoms in total. The zero-order valence-corrected chi connectivity index (χ0v) is 11.9. The number of aromatic amines is 1. The Morgan fingerprint density at radius 3 is 2.85 bits per heavy atom. The highest BCUT2D eigenvalue weighted by Crippen LogP contribution is 2.22. The molecule has 1 aliphatic heterocycles. The van der Waals surface area contributed by atoms with Crippen molar-refractivity contribution in [2.24, 2.45) is 11.7 Å². The minimum Gasteiger partial charge on any atom is -0.369 e. The third kappa shape index (κ3) is 2.97. The van der Waals surface area contributed by atoms with Crippen molar-refractivity contribution in [3.8, 4) is 0 Å². The molecule has 1 aromatic rings. The summed E-state index contributed by atoms with van der Waals surface area (Å²) in [7, 11) is 0. The van der Waals surface area contributed by atoms with E-state index in [1.165, 1.54) is 0 Å². The maximum Gasteiger partial charge on any atom is 0.293 e. The predicted octanol–water partition coefficient (Wildman–Crippen LogP) is 0.483. The highest BCUT2D eigenvalue weighted by molar-refractivity contribution is 5.91. The van der Waals surface area contributed by atoms with Gasteiger partial charge in [-0.3, -0.25) is 14.7 Å². The molecule has 0 radical (unpaired) electrons. The summed E-state index contributed by atoms with van der Waals surface area (Å²) in [5, 5.41) is 6.75. The van der Waals surface area contributed by atoms with Crippen LogP contribution < -0.4 is 5.73 Å². The second-order valence-electron chi connectivity index (χ2n) is 5.34. The number of aryl methyl sites for hydroxylation is 1. The first-order valence-electron chi connectivity index (χ1n) is 7.04. The lowest BCUT2D eigenvalue weighted by Crippen LogP contribution is -2.48. The summed E-state index contributed by atoms with van der Waals surface area (Å²) in [5.41, 5.74) is 5.34. The second-order valence-corrected chi connectivity index (χ2v) is 5.34. The normalized spacial score (nSPS) is 22.8. The Morgan fingerprint density at radius 1 is 1.45 bits per heavy atom. The van der Waals surface area contributed by atoms with Gasteiger partial charge in [0.15, 0.2) is 0 Å². The first-order chi connectivity index (χ1) is 9.52. The van der Waals surface area contributed by atoms with E-state index in [1.807, 2.05) is 13.8 Å². The molecule has 0 bridgehead atoms. The van der Waals surface area contributed by atoms with Gasteiger partial charge in [0.25, 0.3) is 5.91 Å². The van der Waals surface area contributed by atoms with E-state index >= 15 is 0 Å². The largest absolute Gasteiger partial charge is 0.369 e. The van der Waals surface area contributed by atoms with Crippen molar-refractivity contribution >= 4 is 11.8 Å². The number of hydrogen-bond donors (Lipinski definition) is 2. The van der Waals surface area contributed by atoms with Crippen molar-refractivity contribution in [1.29, 1.82) is 0 Å². The van der Waals surface area contributed by atoms with Crippen molar-refractivity contribution in [2.45, 2.75) is 45.6 Å². The molecule has 0 aromatic carbocycles. The standard InChI is InChI=1S/C13H21N5O2/c1-3-4-10-15-12(17-16-10)13(20)18-7-9(11(14)19)6-5-8(18)2/h8-9H,3-7H2,1-2H3,(H2,14,19)(H,15,16,17). The van der Waals surface area contributed by atoms with Crippen molar-refractivity contribution in [3.05, 3.63) is 11.6 Å². The van der Waals surface area contributed by atoms with E-state index in [-0.39, 0.29) is 29.6 Å². The molecule has 3 N–H and O–H groups in total. The Labute approximate surface area is 117 Å². The first kappa shape index (κ1) is 14.5. The fraction of sp³-hybridized carbons (Fsp3) is 0.692. The van der Waals surface area contributed by atoms with Crippen LogP contribution in [-0.2, 0) is 11.2 Å². The van der Waals surface area contributed by atoms with E-state index < -0.39 is 0 Å². The summed E-state index contributed by atoms with van der Waals surface area (Å²) in [6.45, 7) is 4.36. The number of nitrogens with zero attached hydrogens (tertiary/aromatic N) is 3. The van der Waals surface area contributed by atoms with Gasteiger partial charge in [-0.2, -0.15) is 0 Å². The van der Waals surface area contributed by atoms with E-state index in [0.717, 1.165) is 25.7 Å². The summed E-state index contributed by atoms with van der Waals surface area (Å²) in [5.74, 6) is 0.0278. The lowest BCUT2D eigenvalue weighted by Gasteiger charge is -2.36. The van der Waals surface area contributed by atoms with Crippen LogP contribution in [0.1, 0.15) is 49.6 Å². The number of primary amides is 1. The molecule has 1 aromatic heterocycles. The third-order valence-electron chi connectivity index (χ3n) is 3.76. The number of piperidine rings is 1. The smallest absolute Gasteiger partial charge is 0.293 e. The van der Waals surface area contributed by atoms with Crippen LogP contribution in [0.3, 0.4) is 0 Å². The van der Waals surface area contributed by atoms with E-state index in [9.17, 15) is 9.59 Å². The number of nitrogens with two attached hydrogens (primary N) is 1. The van der Waals surface area contributed by atoms with Gasteiger partial charge in [0.1, 0.15) is 5.82 Å². The van der Waals surface area contributed by atoms with Crippen LogP contribution in [0.2, 0.25) is 0 Å². The summed E-state index contributed by atoms with van der Waals surface area (Å²) >= 11 is 0. The molecule has 2 rings (SSSR count). The third-order valence-corrected chi connectivity index (χ3v) is 3.76. The minimum atomic E-state index is -0.351. The first-order valence-corrected chi connectivity index (χ1v) is 7.04. The number of likely N-dealkylation sites (tertiary alicyclic amines) is 1. The number of aromatic nitrogens is 3. The monoisotopic (exact) mass is 279 g/mol. The molecule has 1 fully saturated rings. The molecule has 20 heavy (non-hydrogen) atoms. The van der Waals surface area contributed by atoms with Crippen molar-refractivity contribution in [2.75, 3.05) is 6.54 Å². The van der Waals surface area contributed by atoms with Gasteiger partial charge < -0.3 is 10.6 Å². The molecule has 0 spiro atoms. The Bertz CT molecular complexity index is 499. The van der Waals surface area contributed by atoms with Crippen LogP contribution in [0.15, 0.2) is 0 Å². The molecular formula is C13H21N5O2. The van der Waals surface area contributed by atoms with Crippen LogP contribution in [0.4, 0.5) is 0 Å². The lowest BCUT2D eigenvalue weighted by molar-refractivity contribution is -0.123. The Hall–Kier alpha value is -1.92. The molecule has 2 heterocycles. The van der Waals surface area contributed by atoms with Crippen molar-refractivity contribution in [1.82, 2.24) is 20.1 Å². The van der Waals surface area contributed by atoms with Gasteiger partial charge in [-0.15, -0.1) is 5.10 Å². The summed E-state index contributed by atoms with van der Waals surface area (Å²) in [4.78, 5) is 29.6. The van der Waals surface area contributed by atoms with Gasteiger partial charge in [0.2, 0.25) is 11.7 Å². The molecule has 1 aliphatic rings. The van der Waals surface area contributed by atoms with Gasteiger partial charge in [-0.1, -0.05) is 6.92 Å². The Balaban J connectivity index is 2.11. The maximum atomic E-state index is 12.4. The number of carbonyl (C=O) groups is 2. The number of amides is 2. The SMILES string of the molecule is CCCc1nc(C(=O)N2CC(C(N)=O)CCC2C)n[nH]1. The van der Waals surface area contributed by atoms with Crippen molar-refractivity contribution in [3.63, 3.8) is 0 Å². The van der Waals surface area contributed by atoms with E-state index in [0.29, 0.717) is 12.4 Å². The van der Waals surface area contributed by atoms with Crippen LogP contribution in [0.25, 0.3) is 0 Å². The van der Waals surface area contributed by atoms with Crippen molar-refractivity contribution < 1.29 is 9.59 Å². The number of H-pyrrole nitrogens is 1. The predicted molar refractivity (Wildman–Crippen MR) is 72.8 cm³/mol. The summed E-state index contributed by atoms with van der Waals surface area (Å²) in [6.07, 6.45) is 3.20. The number of nitrogens with one attached hydrogen (secondary N) is 1. The zero-order chi connectivity index (χ0) is 14.7. The van der Waals surface area contributed by atoms with Crippen LogP contribution in [0.5, 0.6) is 0 Å². The average molecular weight is 279 g/mol. The van der Waals surface area contributed by atoms with Gasteiger partial charge in [0.05, 0.1) is 5.92 Å². The highest BCUT2D eigenvalue weighted by atomic mass is 16.2. The summed E-state index contributed by atoms with van der Waals surface area (Å²) in [6, 6.07) is 0.0752. The number of carbonyl (C=O) groups excluding carboxylic acids is 2. The van der Waals surface area contributed by atoms with Crippen LogP contribution >= 0.6 is 0 Å². The van der Waals surface area contributed by atoms with Gasteiger partial charge in [-0.05, 0) is 26.2 Å². The quantitative estimate of drug-likeness (QED) is 0.836. The van der Waals surface area contributed by atoms with Gasteiger partial charge in [0, 0.05) is 19.0 Å². The molecule has 0 saturated carbocycles. The Morgan fingerprint density at radius 2 is 2.20 bits per heavy atom. The minimum absolute atomic E-state index is 0.0752. The van der Waals surface area contributed by atoms with Crippen LogP contribution in [0, 0.1) is 5.92 Å². The molecule has 110 valence electrons. The number of rotatable bonds is 4. The molecule has 2 unspecified atom stereocenters. The van der Waals surface area contributed by atoms with Gasteiger partial charge >= 0.3 is 0 Å². The highest BCUT2D eigenvalue weighted by Gasteiger charge is 2.33. The second kappa shape index (κ2) is 6.02. The van der Waals surface area contributed by atoms with E-state index in [2.05, 4.69) is 15.2 Å². The fourth-order valence-corrected chi connectivity index (χ4v) is 2.49. The van der Waals surface area contributed by atoms with E-state index in [4.69, 9.17) is 5.73 Å². The fourth-order valence-electron chi connectivity index (χ4n) is 2.49. The molecular weight excluding hydrogens is 258 g/mol. The molecule has 2 amide bonds. The molecule has 2 atom stereocenters. The van der Waals surface area contributed by atoms with Gasteiger partial charge in [-0.25, -0.2) is 4.98 Å². The topological polar surface area (TPSA) is 105 Å². The molecule has 7 heteroatoms. The zero-order valence-electron chi connectivity index (χ0n) is 11.9. The molecule has 1 saturated heterocycles. The number of hydrogen-bond acceptors (Lipinski definition) is 4. The van der Waals surface area contributed by atoms with E-state index in [1.54, 1.807) is 4.90 Å². The average Bonchev–Trinajstić information content (AvgIpc) is 2.87. The Kier molecular flexibility index (Phi) is 4.36. The van der Waals surface area contributed by atoms with Crippen LogP contribution in [-0.4, -0.2) is 44.5 Å².